The summed E-state index contributed by atoms with van der Waals surface area (Å²) in [6.07, 6.45) is 1.11. The average molecular weight is 390 g/mol. The van der Waals surface area contributed by atoms with Crippen molar-refractivity contribution < 1.29 is 9.53 Å². The van der Waals surface area contributed by atoms with Gasteiger partial charge in [-0.25, -0.2) is 4.99 Å². The minimum atomic E-state index is -0.129. The van der Waals surface area contributed by atoms with Crippen LogP contribution in [0.3, 0.4) is 0 Å². The summed E-state index contributed by atoms with van der Waals surface area (Å²) in [5.41, 5.74) is 0.782. The smallest absolute Gasteiger partial charge is 0.246 e. The van der Waals surface area contributed by atoms with Crippen molar-refractivity contribution in [2.75, 3.05) is 51.3 Å². The zero-order valence-electron chi connectivity index (χ0n) is 17.4. The Balaban J connectivity index is 1.89. The van der Waals surface area contributed by atoms with Gasteiger partial charge in [0.1, 0.15) is 6.54 Å². The highest BCUT2D eigenvalue weighted by molar-refractivity contribution is 5.94. The molecule has 1 aromatic carbocycles. The van der Waals surface area contributed by atoms with Gasteiger partial charge in [-0.3, -0.25) is 9.69 Å². The molecule has 3 N–H and O–H groups in total. The summed E-state index contributed by atoms with van der Waals surface area (Å²) in [6, 6.07) is 9.86. The first-order chi connectivity index (χ1) is 13.6. The molecule has 1 unspecified atom stereocenters. The van der Waals surface area contributed by atoms with Gasteiger partial charge in [0.15, 0.2) is 5.96 Å². The molecule has 7 nitrogen and oxygen atoms in total. The number of amides is 1. The number of guanidine groups is 1. The van der Waals surface area contributed by atoms with Crippen molar-refractivity contribution in [1.29, 1.82) is 0 Å². The highest BCUT2D eigenvalue weighted by Gasteiger charge is 2.22. The van der Waals surface area contributed by atoms with Crippen LogP contribution in [0.2, 0.25) is 0 Å². The number of morpholine rings is 1. The Kier molecular flexibility index (Phi) is 9.79. The van der Waals surface area contributed by atoms with Crippen LogP contribution in [0.25, 0.3) is 0 Å². The molecule has 1 aliphatic heterocycles. The van der Waals surface area contributed by atoms with Gasteiger partial charge < -0.3 is 20.7 Å². The molecule has 0 aliphatic carbocycles. The first kappa shape index (κ1) is 22.2. The van der Waals surface area contributed by atoms with Crippen LogP contribution in [0.4, 0.5) is 5.69 Å². The maximum Gasteiger partial charge on any atom is 0.246 e. The van der Waals surface area contributed by atoms with Gasteiger partial charge in [-0.15, -0.1) is 0 Å². The number of para-hydroxylation sites is 1. The quantitative estimate of drug-likeness (QED) is 0.444. The van der Waals surface area contributed by atoms with Crippen molar-refractivity contribution in [2.24, 2.45) is 10.9 Å². The van der Waals surface area contributed by atoms with Crippen molar-refractivity contribution in [3.8, 4) is 0 Å². The second-order valence-corrected chi connectivity index (χ2v) is 7.42. The summed E-state index contributed by atoms with van der Waals surface area (Å²) in [7, 11) is 0. The van der Waals surface area contributed by atoms with Crippen molar-refractivity contribution in [1.82, 2.24) is 15.5 Å². The number of benzene rings is 1. The lowest BCUT2D eigenvalue weighted by molar-refractivity contribution is -0.114. The van der Waals surface area contributed by atoms with Crippen LogP contribution in [0, 0.1) is 5.92 Å². The first-order valence-corrected chi connectivity index (χ1v) is 10.3. The van der Waals surface area contributed by atoms with Crippen LogP contribution in [0.15, 0.2) is 35.3 Å². The van der Waals surface area contributed by atoms with E-state index < -0.39 is 0 Å². The maximum atomic E-state index is 12.2. The molecule has 1 aliphatic rings. The third-order valence-electron chi connectivity index (χ3n) is 4.59. The number of nitrogens with zero attached hydrogens (tertiary/aromatic N) is 2. The van der Waals surface area contributed by atoms with Gasteiger partial charge >= 0.3 is 0 Å². The number of nitrogens with one attached hydrogen (secondary N) is 3. The van der Waals surface area contributed by atoms with E-state index in [2.05, 4.69) is 39.7 Å². The van der Waals surface area contributed by atoms with Gasteiger partial charge in [-0.2, -0.15) is 0 Å². The molecule has 1 fully saturated rings. The van der Waals surface area contributed by atoms with Crippen LogP contribution in [0.1, 0.15) is 27.2 Å². The minimum Gasteiger partial charge on any atom is -0.379 e. The van der Waals surface area contributed by atoms with E-state index in [0.29, 0.717) is 17.9 Å². The lowest BCUT2D eigenvalue weighted by Crippen LogP contribution is -2.51. The minimum absolute atomic E-state index is 0.0800. The summed E-state index contributed by atoms with van der Waals surface area (Å²) >= 11 is 0. The Bertz CT molecular complexity index is 600. The molecule has 1 atom stereocenters. The summed E-state index contributed by atoms with van der Waals surface area (Å²) in [5, 5.41) is 9.51. The number of aliphatic imine (C=N–C) groups is 1. The van der Waals surface area contributed by atoms with Gasteiger partial charge in [0.25, 0.3) is 0 Å². The van der Waals surface area contributed by atoms with E-state index in [9.17, 15) is 4.79 Å². The fraction of sp³-hybridized carbons (Fsp3) is 0.619. The maximum absolute atomic E-state index is 12.2. The average Bonchev–Trinajstić information content (AvgIpc) is 2.70. The zero-order chi connectivity index (χ0) is 20.2. The third-order valence-corrected chi connectivity index (χ3v) is 4.59. The molecule has 1 saturated heterocycles. The molecule has 1 aromatic rings. The summed E-state index contributed by atoms with van der Waals surface area (Å²) < 4.78 is 5.49. The predicted molar refractivity (Wildman–Crippen MR) is 115 cm³/mol. The number of carbonyl (C=O) groups is 1. The topological polar surface area (TPSA) is 78.0 Å². The summed E-state index contributed by atoms with van der Waals surface area (Å²) in [4.78, 5) is 19.1. The van der Waals surface area contributed by atoms with E-state index in [0.717, 1.165) is 51.5 Å². The van der Waals surface area contributed by atoms with Crippen LogP contribution >= 0.6 is 0 Å². The summed E-state index contributed by atoms with van der Waals surface area (Å²) in [5.74, 6) is 1.16. The first-order valence-electron chi connectivity index (χ1n) is 10.3. The van der Waals surface area contributed by atoms with E-state index in [1.807, 2.05) is 37.3 Å². The largest absolute Gasteiger partial charge is 0.379 e. The van der Waals surface area contributed by atoms with Crippen molar-refractivity contribution in [3.05, 3.63) is 30.3 Å². The van der Waals surface area contributed by atoms with Gasteiger partial charge in [0.2, 0.25) is 5.91 Å². The van der Waals surface area contributed by atoms with Gasteiger partial charge in [0, 0.05) is 37.9 Å². The highest BCUT2D eigenvalue weighted by Crippen LogP contribution is 2.13. The Morgan fingerprint density at radius 2 is 1.89 bits per heavy atom. The van der Waals surface area contributed by atoms with E-state index in [-0.39, 0.29) is 12.5 Å². The highest BCUT2D eigenvalue weighted by atomic mass is 16.5. The Morgan fingerprint density at radius 3 is 2.54 bits per heavy atom. The second-order valence-electron chi connectivity index (χ2n) is 7.42. The van der Waals surface area contributed by atoms with Crippen LogP contribution < -0.4 is 16.0 Å². The molecule has 0 radical (unpaired) electrons. The van der Waals surface area contributed by atoms with Crippen LogP contribution in [-0.4, -0.2) is 68.7 Å². The van der Waals surface area contributed by atoms with Gasteiger partial charge in [-0.05, 0) is 31.4 Å². The zero-order valence-corrected chi connectivity index (χ0v) is 17.4. The van der Waals surface area contributed by atoms with E-state index in [1.165, 1.54) is 0 Å². The van der Waals surface area contributed by atoms with Crippen molar-refractivity contribution in [2.45, 2.75) is 33.2 Å². The number of ether oxygens (including phenoxy) is 1. The molecular formula is C21H35N5O2. The standard InChI is InChI=1S/C21H35N5O2/c1-4-22-21(24-16-20(27)25-18-8-6-5-7-9-18)23-15-19(14-17(2)3)26-10-12-28-13-11-26/h5-9,17,19H,4,10-16H2,1-3H3,(H,25,27)(H2,22,23,24). The number of anilines is 1. The van der Waals surface area contributed by atoms with E-state index in [4.69, 9.17) is 4.74 Å². The molecule has 28 heavy (non-hydrogen) atoms. The SMILES string of the molecule is CCNC(=NCC(=O)Nc1ccccc1)NCC(CC(C)C)N1CCOCC1. The molecule has 156 valence electrons. The molecular weight excluding hydrogens is 354 g/mol. The molecule has 0 bridgehead atoms. The Labute approximate surface area is 168 Å². The summed E-state index contributed by atoms with van der Waals surface area (Å²) in [6.45, 7) is 11.7. The number of carbonyl (C=O) groups excluding carboxylic acids is 1. The number of rotatable bonds is 9. The molecule has 0 spiro atoms. The lowest BCUT2D eigenvalue weighted by atomic mass is 10.0. The van der Waals surface area contributed by atoms with Crippen molar-refractivity contribution in [3.63, 3.8) is 0 Å². The predicted octanol–water partition coefficient (Wildman–Crippen LogP) is 1.93. The molecule has 2 rings (SSSR count). The van der Waals surface area contributed by atoms with Gasteiger partial charge in [-0.1, -0.05) is 32.0 Å². The normalized spacial score (nSPS) is 16.6. The lowest BCUT2D eigenvalue weighted by Gasteiger charge is -2.35. The fourth-order valence-corrected chi connectivity index (χ4v) is 3.28. The Morgan fingerprint density at radius 1 is 1.18 bits per heavy atom. The van der Waals surface area contributed by atoms with E-state index >= 15 is 0 Å². The van der Waals surface area contributed by atoms with E-state index in [1.54, 1.807) is 0 Å². The molecule has 1 heterocycles. The number of hydrogen-bond acceptors (Lipinski definition) is 4. The Hall–Kier alpha value is -2.12. The van der Waals surface area contributed by atoms with Crippen molar-refractivity contribution >= 4 is 17.6 Å². The van der Waals surface area contributed by atoms with Crippen LogP contribution in [0.5, 0.6) is 0 Å². The second kappa shape index (κ2) is 12.4. The molecule has 1 amide bonds. The molecule has 7 heteroatoms. The molecule has 0 saturated carbocycles. The third kappa shape index (κ3) is 8.27. The molecule has 0 aromatic heterocycles. The fourth-order valence-electron chi connectivity index (χ4n) is 3.28. The van der Waals surface area contributed by atoms with Gasteiger partial charge in [0.05, 0.1) is 13.2 Å². The monoisotopic (exact) mass is 389 g/mol. The van der Waals surface area contributed by atoms with Crippen LogP contribution in [-0.2, 0) is 9.53 Å². The number of hydrogen-bond donors (Lipinski definition) is 3.